The van der Waals surface area contributed by atoms with Crippen LogP contribution in [0.15, 0.2) is 67.3 Å². The molecule has 7 nitrogen and oxygen atoms in total. The summed E-state index contributed by atoms with van der Waals surface area (Å²) in [6.45, 7) is 3.55. The predicted octanol–water partition coefficient (Wildman–Crippen LogP) is 6.07. The highest BCUT2D eigenvalue weighted by Crippen LogP contribution is 2.32. The maximum Gasteiger partial charge on any atom is 0.416 e. The molecule has 0 spiro atoms. The third kappa shape index (κ3) is 5.78. The number of carbonyl (C=O) groups excluding carboxylic acids is 1. The molecular formula is C24H20ClF3N6O. The fraction of sp³-hybridized carbons (Fsp3) is 0.167. The fourth-order valence-corrected chi connectivity index (χ4v) is 3.65. The van der Waals surface area contributed by atoms with E-state index in [9.17, 15) is 18.0 Å². The van der Waals surface area contributed by atoms with Crippen molar-refractivity contribution in [3.05, 3.63) is 94.9 Å². The lowest BCUT2D eigenvalue weighted by atomic mass is 10.1. The Bertz CT molecular complexity index is 1370. The summed E-state index contributed by atoms with van der Waals surface area (Å²) in [5, 5.41) is 6.09. The second-order valence-electron chi connectivity index (χ2n) is 7.78. The first kappa shape index (κ1) is 24.2. The van der Waals surface area contributed by atoms with Gasteiger partial charge in [-0.1, -0.05) is 23.7 Å². The van der Waals surface area contributed by atoms with Gasteiger partial charge < -0.3 is 15.2 Å². The Hall–Kier alpha value is -3.92. The second-order valence-corrected chi connectivity index (χ2v) is 8.17. The molecule has 2 heterocycles. The summed E-state index contributed by atoms with van der Waals surface area (Å²) in [5.74, 6) is 0.300. The lowest BCUT2D eigenvalue weighted by Crippen LogP contribution is -2.16. The number of carbonyl (C=O) groups is 1. The van der Waals surface area contributed by atoms with Gasteiger partial charge in [0, 0.05) is 29.3 Å². The maximum atomic E-state index is 13.5. The number of aryl methyl sites for hydroxylation is 1. The van der Waals surface area contributed by atoms with Crippen LogP contribution in [0, 0.1) is 6.92 Å². The number of aromatic nitrogens is 4. The van der Waals surface area contributed by atoms with Crippen LogP contribution in [-0.2, 0) is 6.18 Å². The van der Waals surface area contributed by atoms with E-state index in [0.29, 0.717) is 17.3 Å². The first-order valence-corrected chi connectivity index (χ1v) is 10.9. The zero-order valence-electron chi connectivity index (χ0n) is 18.6. The number of nitrogens with one attached hydrogen (secondary N) is 2. The van der Waals surface area contributed by atoms with Crippen LogP contribution in [0.4, 0.5) is 24.7 Å². The second kappa shape index (κ2) is 9.75. The van der Waals surface area contributed by atoms with Crippen LogP contribution in [0.2, 0.25) is 5.15 Å². The number of nitrogens with zero attached hydrogens (tertiary/aromatic N) is 4. The zero-order valence-corrected chi connectivity index (χ0v) is 19.4. The van der Waals surface area contributed by atoms with E-state index in [1.165, 1.54) is 35.4 Å². The molecule has 0 fully saturated rings. The van der Waals surface area contributed by atoms with E-state index in [0.717, 1.165) is 17.7 Å². The summed E-state index contributed by atoms with van der Waals surface area (Å²) >= 11 is 5.87. The van der Waals surface area contributed by atoms with Gasteiger partial charge in [-0.25, -0.2) is 9.97 Å². The Morgan fingerprint density at radius 2 is 1.94 bits per heavy atom. The lowest BCUT2D eigenvalue weighted by Gasteiger charge is -2.17. The summed E-state index contributed by atoms with van der Waals surface area (Å²) in [4.78, 5) is 25.1. The Morgan fingerprint density at radius 3 is 2.63 bits per heavy atom. The molecule has 0 aliphatic heterocycles. The molecule has 0 saturated carbocycles. The monoisotopic (exact) mass is 500 g/mol. The van der Waals surface area contributed by atoms with Crippen molar-refractivity contribution in [2.24, 2.45) is 0 Å². The van der Waals surface area contributed by atoms with Crippen molar-refractivity contribution in [1.82, 2.24) is 19.5 Å². The zero-order chi connectivity index (χ0) is 25.2. The Balaban J connectivity index is 1.58. The van der Waals surface area contributed by atoms with E-state index in [2.05, 4.69) is 25.6 Å². The first-order chi connectivity index (χ1) is 16.6. The molecule has 11 heteroatoms. The number of amides is 1. The van der Waals surface area contributed by atoms with Crippen LogP contribution in [-0.4, -0.2) is 25.4 Å². The molecule has 2 aromatic heterocycles. The van der Waals surface area contributed by atoms with Crippen LogP contribution >= 0.6 is 11.6 Å². The van der Waals surface area contributed by atoms with Gasteiger partial charge in [0.1, 0.15) is 16.8 Å². The topological polar surface area (TPSA) is 84.7 Å². The van der Waals surface area contributed by atoms with Crippen molar-refractivity contribution >= 4 is 29.0 Å². The van der Waals surface area contributed by atoms with E-state index in [4.69, 9.17) is 11.6 Å². The molecule has 2 aromatic carbocycles. The van der Waals surface area contributed by atoms with Gasteiger partial charge in [-0.15, -0.1) is 0 Å². The summed E-state index contributed by atoms with van der Waals surface area (Å²) in [7, 11) is 0. The molecule has 1 atom stereocenters. The molecule has 0 aliphatic rings. The summed E-state index contributed by atoms with van der Waals surface area (Å²) in [5.41, 5.74) is 0.366. The van der Waals surface area contributed by atoms with Gasteiger partial charge in [-0.05, 0) is 49.7 Å². The molecule has 0 aliphatic carbocycles. The smallest absolute Gasteiger partial charge is 0.362 e. The molecule has 1 unspecified atom stereocenters. The van der Waals surface area contributed by atoms with Crippen molar-refractivity contribution < 1.29 is 18.0 Å². The molecule has 1 amide bonds. The number of imidazole rings is 1. The predicted molar refractivity (Wildman–Crippen MR) is 127 cm³/mol. The molecule has 2 N–H and O–H groups in total. The van der Waals surface area contributed by atoms with Crippen molar-refractivity contribution in [2.75, 3.05) is 10.6 Å². The molecule has 180 valence electrons. The summed E-state index contributed by atoms with van der Waals surface area (Å²) in [6, 6.07) is 9.95. The highest BCUT2D eigenvalue weighted by atomic mass is 35.5. The maximum absolute atomic E-state index is 13.5. The summed E-state index contributed by atoms with van der Waals surface area (Å²) in [6.07, 6.45) is 1.34. The standard InChI is InChI=1S/C24H20ClF3N6O/c1-14(31-22-13-29-12-21(25)33-22)16-4-3-5-19(9-16)32-23(35)17-8-18(24(26,27)28)11-20(10-17)34-7-6-30-15(34)2/h3-14H,1-2H3,(H,31,33)(H,32,35). The number of hydrogen-bond donors (Lipinski definition) is 2. The molecule has 0 radical (unpaired) electrons. The van der Waals surface area contributed by atoms with Crippen molar-refractivity contribution in [3.63, 3.8) is 0 Å². The van der Waals surface area contributed by atoms with E-state index < -0.39 is 17.6 Å². The fourth-order valence-electron chi connectivity index (χ4n) is 3.50. The Labute approximate surface area is 204 Å². The minimum absolute atomic E-state index is 0.131. The number of hydrogen-bond acceptors (Lipinski definition) is 5. The number of alkyl halides is 3. The highest BCUT2D eigenvalue weighted by molar-refractivity contribution is 6.29. The summed E-state index contributed by atoms with van der Waals surface area (Å²) < 4.78 is 42.1. The average molecular weight is 501 g/mol. The SMILES string of the molecule is Cc1nccn1-c1cc(C(=O)Nc2cccc(C(C)Nc3cncc(Cl)n3)c2)cc(C(F)(F)F)c1. The van der Waals surface area contributed by atoms with E-state index in [1.807, 2.05) is 13.0 Å². The van der Waals surface area contributed by atoms with E-state index in [-0.39, 0.29) is 22.4 Å². The van der Waals surface area contributed by atoms with Crippen LogP contribution in [0.5, 0.6) is 0 Å². The van der Waals surface area contributed by atoms with Gasteiger partial charge in [0.15, 0.2) is 0 Å². The van der Waals surface area contributed by atoms with Crippen molar-refractivity contribution in [3.8, 4) is 5.69 Å². The minimum atomic E-state index is -4.62. The van der Waals surface area contributed by atoms with Gasteiger partial charge in [-0.3, -0.25) is 9.78 Å². The van der Waals surface area contributed by atoms with Crippen LogP contribution in [0.3, 0.4) is 0 Å². The molecule has 0 saturated heterocycles. The van der Waals surface area contributed by atoms with Gasteiger partial charge in [0.2, 0.25) is 0 Å². The number of rotatable bonds is 6. The third-order valence-corrected chi connectivity index (χ3v) is 5.41. The lowest BCUT2D eigenvalue weighted by molar-refractivity contribution is -0.137. The van der Waals surface area contributed by atoms with Crippen LogP contribution in [0.1, 0.15) is 40.3 Å². The normalized spacial score (nSPS) is 12.3. The third-order valence-electron chi connectivity index (χ3n) is 5.23. The number of halogens is 4. The van der Waals surface area contributed by atoms with Gasteiger partial charge in [0.25, 0.3) is 5.91 Å². The van der Waals surface area contributed by atoms with E-state index >= 15 is 0 Å². The molecule has 4 rings (SSSR count). The van der Waals surface area contributed by atoms with E-state index in [1.54, 1.807) is 25.1 Å². The molecule has 0 bridgehead atoms. The number of anilines is 2. The van der Waals surface area contributed by atoms with Crippen molar-refractivity contribution in [2.45, 2.75) is 26.1 Å². The van der Waals surface area contributed by atoms with Crippen LogP contribution in [0.25, 0.3) is 5.69 Å². The van der Waals surface area contributed by atoms with Gasteiger partial charge in [-0.2, -0.15) is 13.2 Å². The van der Waals surface area contributed by atoms with Gasteiger partial charge >= 0.3 is 6.18 Å². The molecule has 35 heavy (non-hydrogen) atoms. The molecular weight excluding hydrogens is 481 g/mol. The largest absolute Gasteiger partial charge is 0.416 e. The minimum Gasteiger partial charge on any atom is -0.362 e. The highest BCUT2D eigenvalue weighted by Gasteiger charge is 2.32. The van der Waals surface area contributed by atoms with Crippen LogP contribution < -0.4 is 10.6 Å². The Morgan fingerprint density at radius 1 is 1.14 bits per heavy atom. The quantitative estimate of drug-likeness (QED) is 0.336. The average Bonchev–Trinajstić information content (AvgIpc) is 3.24. The molecule has 4 aromatic rings. The van der Waals surface area contributed by atoms with Gasteiger partial charge in [0.05, 0.1) is 24.0 Å². The first-order valence-electron chi connectivity index (χ1n) is 10.5. The number of benzene rings is 2. The van der Waals surface area contributed by atoms with Crippen molar-refractivity contribution in [1.29, 1.82) is 0 Å². The Kier molecular flexibility index (Phi) is 6.74.